The van der Waals surface area contributed by atoms with Crippen LogP contribution in [0.25, 0.3) is 0 Å². The summed E-state index contributed by atoms with van der Waals surface area (Å²) in [6.45, 7) is -0.416. The van der Waals surface area contributed by atoms with E-state index in [1.165, 1.54) is 11.8 Å². The van der Waals surface area contributed by atoms with E-state index in [0.29, 0.717) is 5.75 Å². The molecule has 2 aliphatic heterocycles. The van der Waals surface area contributed by atoms with Gasteiger partial charge in [-0.1, -0.05) is 12.1 Å². The topological polar surface area (TPSA) is 125 Å². The van der Waals surface area contributed by atoms with Gasteiger partial charge in [-0.25, -0.2) is 9.59 Å². The molecule has 1 fully saturated rings. The van der Waals surface area contributed by atoms with Crippen LogP contribution in [0.3, 0.4) is 0 Å². The van der Waals surface area contributed by atoms with Crippen LogP contribution in [-0.2, 0) is 20.9 Å². The lowest BCUT2D eigenvalue weighted by molar-refractivity contribution is -0.149. The second-order valence-corrected chi connectivity index (χ2v) is 6.98. The molecule has 2 atom stereocenters. The first kappa shape index (κ1) is 19.1. The molecule has 0 aromatic heterocycles. The minimum atomic E-state index is -1.28. The van der Waals surface area contributed by atoms with E-state index in [4.69, 9.17) is 9.47 Å². The number of ether oxygens (including phenoxy) is 2. The summed E-state index contributed by atoms with van der Waals surface area (Å²) in [4.78, 5) is 36.8. The van der Waals surface area contributed by atoms with Crippen LogP contribution in [0.4, 0.5) is 4.79 Å². The molecule has 0 bridgehead atoms. The number of aliphatic carboxylic acids is 1. The van der Waals surface area contributed by atoms with Crippen molar-refractivity contribution in [2.75, 3.05) is 19.5 Å². The number of carbonyl (C=O) groups is 3. The van der Waals surface area contributed by atoms with Gasteiger partial charge in [0.15, 0.2) is 0 Å². The largest absolute Gasteiger partial charge is 0.497 e. The molecule has 10 heteroatoms. The number of aliphatic hydroxyl groups is 1. The molecule has 2 heterocycles. The Morgan fingerprint density at radius 2 is 2.04 bits per heavy atom. The van der Waals surface area contributed by atoms with Crippen molar-refractivity contribution in [1.29, 1.82) is 0 Å². The molecule has 9 nitrogen and oxygen atoms in total. The predicted octanol–water partition coefficient (Wildman–Crippen LogP) is 0.536. The molecule has 0 spiro atoms. The highest BCUT2D eigenvalue weighted by Crippen LogP contribution is 2.40. The van der Waals surface area contributed by atoms with Crippen molar-refractivity contribution < 1.29 is 34.1 Å². The second kappa shape index (κ2) is 7.89. The quantitative estimate of drug-likeness (QED) is 0.597. The Morgan fingerprint density at radius 3 is 2.63 bits per heavy atom. The molecule has 3 N–H and O–H groups in total. The summed E-state index contributed by atoms with van der Waals surface area (Å²) in [5.41, 5.74) is 0.816. The highest BCUT2D eigenvalue weighted by molar-refractivity contribution is 8.00. The van der Waals surface area contributed by atoms with Gasteiger partial charge in [0.05, 0.1) is 13.7 Å². The standard InChI is InChI=1S/C17H18N2O7S/c1-25-11-4-2-9(3-5-11)7-26-17(24)18-12-14(21)19-13(16(22)23)10(6-20)8-27-15(12)19/h2-5,12,15,20H,6-8H2,1H3,(H,18,24)(H,22,23)/t12-,15+/m1/s1. The van der Waals surface area contributed by atoms with Gasteiger partial charge in [0.1, 0.15) is 29.5 Å². The maximum absolute atomic E-state index is 12.3. The van der Waals surface area contributed by atoms with E-state index in [1.54, 1.807) is 31.4 Å². The molecule has 1 aromatic carbocycles. The minimum Gasteiger partial charge on any atom is -0.497 e. The Hall–Kier alpha value is -2.72. The van der Waals surface area contributed by atoms with E-state index in [9.17, 15) is 24.6 Å². The number of aliphatic hydroxyl groups excluding tert-OH is 1. The van der Waals surface area contributed by atoms with Crippen LogP contribution >= 0.6 is 11.8 Å². The number of carbonyl (C=O) groups excluding carboxylic acids is 2. The fourth-order valence-electron chi connectivity index (χ4n) is 2.84. The third-order valence-electron chi connectivity index (χ3n) is 4.24. The lowest BCUT2D eigenvalue weighted by Crippen LogP contribution is -2.70. The van der Waals surface area contributed by atoms with Gasteiger partial charge in [-0.05, 0) is 23.3 Å². The predicted molar refractivity (Wildman–Crippen MR) is 94.9 cm³/mol. The number of fused-ring (bicyclic) bond motifs is 1. The van der Waals surface area contributed by atoms with Crippen molar-refractivity contribution in [3.05, 3.63) is 41.1 Å². The second-order valence-electron chi connectivity index (χ2n) is 5.87. The van der Waals surface area contributed by atoms with Gasteiger partial charge in [0.2, 0.25) is 0 Å². The number of hydrogen-bond donors (Lipinski definition) is 3. The molecule has 1 aromatic rings. The van der Waals surface area contributed by atoms with Gasteiger partial charge in [0.25, 0.3) is 5.91 Å². The first-order valence-electron chi connectivity index (χ1n) is 8.03. The van der Waals surface area contributed by atoms with Gasteiger partial charge in [-0.15, -0.1) is 11.8 Å². The van der Waals surface area contributed by atoms with E-state index >= 15 is 0 Å². The van der Waals surface area contributed by atoms with E-state index in [0.717, 1.165) is 10.5 Å². The molecule has 2 aliphatic rings. The maximum Gasteiger partial charge on any atom is 0.408 e. The number of thioether (sulfide) groups is 1. The zero-order valence-electron chi connectivity index (χ0n) is 14.4. The van der Waals surface area contributed by atoms with Crippen LogP contribution < -0.4 is 10.1 Å². The van der Waals surface area contributed by atoms with Crippen molar-refractivity contribution in [3.63, 3.8) is 0 Å². The third kappa shape index (κ3) is 3.71. The molecule has 0 unspecified atom stereocenters. The fraction of sp³-hybridized carbons (Fsp3) is 0.353. The summed E-state index contributed by atoms with van der Waals surface area (Å²) in [5, 5.41) is 20.5. The average molecular weight is 394 g/mol. The SMILES string of the molecule is COc1ccc(COC(=O)N[C@@H]2C(=O)N3C(C(=O)O)=C(CO)CS[C@@H]23)cc1. The first-order chi connectivity index (χ1) is 13.0. The smallest absolute Gasteiger partial charge is 0.408 e. The fourth-order valence-corrected chi connectivity index (χ4v) is 4.18. The van der Waals surface area contributed by atoms with Crippen molar-refractivity contribution >= 4 is 29.7 Å². The first-order valence-corrected chi connectivity index (χ1v) is 9.08. The van der Waals surface area contributed by atoms with Crippen LogP contribution in [0.1, 0.15) is 5.56 Å². The summed E-state index contributed by atoms with van der Waals surface area (Å²) in [5.74, 6) is -0.872. The van der Waals surface area contributed by atoms with Crippen molar-refractivity contribution in [2.24, 2.45) is 0 Å². The lowest BCUT2D eigenvalue weighted by atomic mass is 10.0. The number of nitrogens with zero attached hydrogens (tertiary/aromatic N) is 1. The molecule has 0 saturated carbocycles. The molecular formula is C17H18N2O7S. The Balaban J connectivity index is 1.57. The average Bonchev–Trinajstić information content (AvgIpc) is 2.69. The zero-order chi connectivity index (χ0) is 19.6. The van der Waals surface area contributed by atoms with Gasteiger partial charge in [-0.3, -0.25) is 9.69 Å². The highest BCUT2D eigenvalue weighted by Gasteiger charge is 2.54. The highest BCUT2D eigenvalue weighted by atomic mass is 32.2. The molecular weight excluding hydrogens is 376 g/mol. The van der Waals surface area contributed by atoms with Gasteiger partial charge in [-0.2, -0.15) is 0 Å². The minimum absolute atomic E-state index is 0.0210. The Labute approximate surface area is 158 Å². The van der Waals surface area contributed by atoms with Crippen LogP contribution in [0, 0.1) is 0 Å². The molecule has 3 rings (SSSR count). The summed E-state index contributed by atoms with van der Waals surface area (Å²) in [7, 11) is 1.55. The van der Waals surface area contributed by atoms with Crippen LogP contribution in [0.5, 0.6) is 5.75 Å². The van der Waals surface area contributed by atoms with E-state index in [2.05, 4.69) is 5.32 Å². The number of alkyl carbamates (subject to hydrolysis) is 1. The Bertz CT molecular complexity index is 793. The molecule has 1 saturated heterocycles. The third-order valence-corrected chi connectivity index (χ3v) is 5.58. The zero-order valence-corrected chi connectivity index (χ0v) is 15.2. The Morgan fingerprint density at radius 1 is 1.33 bits per heavy atom. The van der Waals surface area contributed by atoms with E-state index < -0.39 is 36.0 Å². The number of benzene rings is 1. The monoisotopic (exact) mass is 394 g/mol. The molecule has 27 heavy (non-hydrogen) atoms. The number of amides is 2. The lowest BCUT2D eigenvalue weighted by Gasteiger charge is -2.49. The van der Waals surface area contributed by atoms with E-state index in [1.807, 2.05) is 0 Å². The number of β-lactam (4-membered cyclic amide) rings is 1. The normalized spacial score (nSPS) is 21.3. The molecule has 2 amide bonds. The van der Waals surface area contributed by atoms with Crippen LogP contribution in [0.15, 0.2) is 35.5 Å². The summed E-state index contributed by atoms with van der Waals surface area (Å²) < 4.78 is 10.2. The number of rotatable bonds is 6. The van der Waals surface area contributed by atoms with Gasteiger partial charge in [0, 0.05) is 5.75 Å². The molecule has 0 aliphatic carbocycles. The number of nitrogens with one attached hydrogen (secondary N) is 1. The van der Waals surface area contributed by atoms with Crippen molar-refractivity contribution in [1.82, 2.24) is 10.2 Å². The number of methoxy groups -OCH3 is 1. The van der Waals surface area contributed by atoms with Crippen molar-refractivity contribution in [2.45, 2.75) is 18.0 Å². The molecule has 0 radical (unpaired) electrons. The van der Waals surface area contributed by atoms with E-state index in [-0.39, 0.29) is 23.6 Å². The van der Waals surface area contributed by atoms with Gasteiger partial charge >= 0.3 is 12.1 Å². The number of hydrogen-bond acceptors (Lipinski definition) is 7. The maximum atomic E-state index is 12.3. The van der Waals surface area contributed by atoms with Crippen LogP contribution in [0.2, 0.25) is 0 Å². The van der Waals surface area contributed by atoms with Gasteiger partial charge < -0.3 is 25.0 Å². The number of carboxylic acid groups (broad SMARTS) is 1. The molecule has 144 valence electrons. The van der Waals surface area contributed by atoms with Crippen molar-refractivity contribution in [3.8, 4) is 5.75 Å². The van der Waals surface area contributed by atoms with Crippen LogP contribution in [-0.4, -0.2) is 64.0 Å². The Kier molecular flexibility index (Phi) is 5.57. The summed E-state index contributed by atoms with van der Waals surface area (Å²) in [6.07, 6.45) is -0.766. The number of carboxylic acids is 1. The summed E-state index contributed by atoms with van der Waals surface area (Å²) in [6, 6.07) is 6.11. The summed E-state index contributed by atoms with van der Waals surface area (Å²) >= 11 is 1.28.